The van der Waals surface area contributed by atoms with E-state index in [4.69, 9.17) is 0 Å². The van der Waals surface area contributed by atoms with Gasteiger partial charge in [-0.15, -0.1) is 0 Å². The van der Waals surface area contributed by atoms with Gasteiger partial charge in [0.25, 0.3) is 10.2 Å². The summed E-state index contributed by atoms with van der Waals surface area (Å²) in [5, 5.41) is 3.01. The van der Waals surface area contributed by atoms with Crippen molar-refractivity contribution in [3.8, 4) is 0 Å². The lowest BCUT2D eigenvalue weighted by Gasteiger charge is -2.32. The van der Waals surface area contributed by atoms with Gasteiger partial charge >= 0.3 is 0 Å². The number of amides is 1. The van der Waals surface area contributed by atoms with Crippen molar-refractivity contribution >= 4 is 16.1 Å². The van der Waals surface area contributed by atoms with Crippen LogP contribution >= 0.6 is 0 Å². The number of likely N-dealkylation sites (tertiary alicyclic amines) is 1. The Kier molecular flexibility index (Phi) is 7.67. The number of hydrogen-bond acceptors (Lipinski definition) is 4. The molecule has 0 saturated carbocycles. The number of carbonyl (C=O) groups excluding carboxylic acids is 1. The highest BCUT2D eigenvalue weighted by molar-refractivity contribution is 7.86. The molecule has 1 aromatic carbocycles. The van der Waals surface area contributed by atoms with E-state index in [0.29, 0.717) is 19.5 Å². The Labute approximate surface area is 175 Å². The Morgan fingerprint density at radius 2 is 1.83 bits per heavy atom. The van der Waals surface area contributed by atoms with Gasteiger partial charge < -0.3 is 5.32 Å². The van der Waals surface area contributed by atoms with E-state index in [1.54, 1.807) is 0 Å². The molecule has 162 valence electrons. The van der Waals surface area contributed by atoms with Crippen LogP contribution in [0.2, 0.25) is 0 Å². The SMILES string of the molecule is CN(C)S(=O)(=O)N1CCC[C@@H](C(=O)NCc2cccc(CN3CCCCC3)c2)C1. The Hall–Kier alpha value is -1.48. The molecule has 0 radical (unpaired) electrons. The van der Waals surface area contributed by atoms with Gasteiger partial charge in [-0.05, 0) is 49.9 Å². The third-order valence-electron chi connectivity index (χ3n) is 5.86. The zero-order valence-electron chi connectivity index (χ0n) is 17.6. The van der Waals surface area contributed by atoms with Crippen LogP contribution in [0.15, 0.2) is 24.3 Å². The molecule has 0 unspecified atom stereocenters. The van der Waals surface area contributed by atoms with Crippen LogP contribution < -0.4 is 5.32 Å². The third kappa shape index (κ3) is 6.01. The molecule has 1 aromatic rings. The molecule has 29 heavy (non-hydrogen) atoms. The van der Waals surface area contributed by atoms with Crippen LogP contribution in [0.1, 0.15) is 43.2 Å². The Morgan fingerprint density at radius 3 is 2.55 bits per heavy atom. The van der Waals surface area contributed by atoms with Gasteiger partial charge in [-0.25, -0.2) is 0 Å². The topological polar surface area (TPSA) is 73.0 Å². The maximum atomic E-state index is 12.7. The largest absolute Gasteiger partial charge is 0.352 e. The molecule has 2 saturated heterocycles. The second-order valence-electron chi connectivity index (χ2n) is 8.36. The molecule has 0 aliphatic carbocycles. The van der Waals surface area contributed by atoms with E-state index in [-0.39, 0.29) is 18.4 Å². The van der Waals surface area contributed by atoms with Crippen LogP contribution in [0.25, 0.3) is 0 Å². The summed E-state index contributed by atoms with van der Waals surface area (Å²) < 4.78 is 27.3. The highest BCUT2D eigenvalue weighted by atomic mass is 32.2. The number of nitrogens with one attached hydrogen (secondary N) is 1. The quantitative estimate of drug-likeness (QED) is 0.727. The predicted octanol–water partition coefficient (Wildman–Crippen LogP) is 1.81. The van der Waals surface area contributed by atoms with Crippen molar-refractivity contribution in [3.05, 3.63) is 35.4 Å². The van der Waals surface area contributed by atoms with Crippen molar-refractivity contribution in [1.82, 2.24) is 18.8 Å². The second kappa shape index (κ2) is 10.0. The van der Waals surface area contributed by atoms with Gasteiger partial charge in [0.05, 0.1) is 5.92 Å². The lowest BCUT2D eigenvalue weighted by atomic mass is 9.98. The van der Waals surface area contributed by atoms with E-state index >= 15 is 0 Å². The first-order chi connectivity index (χ1) is 13.9. The highest BCUT2D eigenvalue weighted by Gasteiger charge is 2.33. The van der Waals surface area contributed by atoms with Crippen molar-refractivity contribution in [1.29, 1.82) is 0 Å². The van der Waals surface area contributed by atoms with E-state index in [9.17, 15) is 13.2 Å². The molecule has 7 nitrogen and oxygen atoms in total. The van der Waals surface area contributed by atoms with Gasteiger partial charge in [-0.2, -0.15) is 17.0 Å². The van der Waals surface area contributed by atoms with Crippen molar-refractivity contribution in [3.63, 3.8) is 0 Å². The van der Waals surface area contributed by atoms with E-state index in [2.05, 4.69) is 22.3 Å². The average molecular weight is 423 g/mol. The minimum atomic E-state index is -3.47. The van der Waals surface area contributed by atoms with Gasteiger partial charge in [0.1, 0.15) is 0 Å². The molecule has 2 aliphatic rings. The van der Waals surface area contributed by atoms with Crippen molar-refractivity contribution < 1.29 is 13.2 Å². The van der Waals surface area contributed by atoms with Gasteiger partial charge in [0.15, 0.2) is 0 Å². The first kappa shape index (κ1) is 22.2. The minimum Gasteiger partial charge on any atom is -0.352 e. The molecule has 1 amide bonds. The first-order valence-corrected chi connectivity index (χ1v) is 12.0. The van der Waals surface area contributed by atoms with Crippen LogP contribution in [0.3, 0.4) is 0 Å². The normalized spacial score (nSPS) is 22.0. The Morgan fingerprint density at radius 1 is 1.10 bits per heavy atom. The first-order valence-electron chi connectivity index (χ1n) is 10.6. The third-order valence-corrected chi connectivity index (χ3v) is 7.76. The van der Waals surface area contributed by atoms with E-state index < -0.39 is 10.2 Å². The fourth-order valence-electron chi connectivity index (χ4n) is 4.14. The van der Waals surface area contributed by atoms with Crippen LogP contribution in [0.4, 0.5) is 0 Å². The summed E-state index contributed by atoms with van der Waals surface area (Å²) in [6.07, 6.45) is 5.31. The monoisotopic (exact) mass is 422 g/mol. The lowest BCUT2D eigenvalue weighted by molar-refractivity contribution is -0.126. The molecule has 2 fully saturated rings. The molecule has 2 aliphatic heterocycles. The molecule has 8 heteroatoms. The number of rotatable bonds is 7. The van der Waals surface area contributed by atoms with E-state index in [1.165, 1.54) is 47.5 Å². The van der Waals surface area contributed by atoms with Crippen molar-refractivity contribution in [2.75, 3.05) is 40.3 Å². The molecule has 3 rings (SSSR count). The predicted molar refractivity (Wildman–Crippen MR) is 114 cm³/mol. The van der Waals surface area contributed by atoms with Crippen molar-refractivity contribution in [2.45, 2.75) is 45.2 Å². The molecule has 0 spiro atoms. The van der Waals surface area contributed by atoms with E-state index in [0.717, 1.165) is 31.6 Å². The van der Waals surface area contributed by atoms with Crippen molar-refractivity contribution in [2.24, 2.45) is 5.92 Å². The van der Waals surface area contributed by atoms with Gasteiger partial charge in [-0.1, -0.05) is 30.7 Å². The smallest absolute Gasteiger partial charge is 0.281 e. The number of piperidine rings is 2. The molecule has 1 N–H and O–H groups in total. The summed E-state index contributed by atoms with van der Waals surface area (Å²) >= 11 is 0. The van der Waals surface area contributed by atoms with Crippen LogP contribution in [0, 0.1) is 5.92 Å². The Bertz CT molecular complexity index is 791. The molecule has 0 aromatic heterocycles. The fourth-order valence-corrected chi connectivity index (χ4v) is 5.33. The Balaban J connectivity index is 1.53. The molecular weight excluding hydrogens is 388 g/mol. The number of benzene rings is 1. The molecule has 1 atom stereocenters. The number of carbonyl (C=O) groups is 1. The zero-order chi connectivity index (χ0) is 20.9. The molecule has 0 bridgehead atoms. The average Bonchev–Trinajstić information content (AvgIpc) is 2.73. The summed E-state index contributed by atoms with van der Waals surface area (Å²) in [6, 6.07) is 8.39. The number of nitrogens with zero attached hydrogens (tertiary/aromatic N) is 3. The number of hydrogen-bond donors (Lipinski definition) is 1. The maximum absolute atomic E-state index is 12.7. The minimum absolute atomic E-state index is 0.0647. The fraction of sp³-hybridized carbons (Fsp3) is 0.667. The summed E-state index contributed by atoms with van der Waals surface area (Å²) in [7, 11) is -0.424. The molecular formula is C21H34N4O3S. The van der Waals surface area contributed by atoms with Crippen LogP contribution in [-0.2, 0) is 28.1 Å². The summed E-state index contributed by atoms with van der Waals surface area (Å²) in [4.78, 5) is 15.2. The van der Waals surface area contributed by atoms with Crippen LogP contribution in [-0.4, -0.2) is 68.1 Å². The highest BCUT2D eigenvalue weighted by Crippen LogP contribution is 2.21. The summed E-state index contributed by atoms with van der Waals surface area (Å²) in [5.41, 5.74) is 2.36. The van der Waals surface area contributed by atoms with Gasteiger partial charge in [-0.3, -0.25) is 9.69 Å². The lowest BCUT2D eigenvalue weighted by Crippen LogP contribution is -2.48. The standard InChI is InChI=1S/C21H34N4O3S/c1-23(2)29(27,28)25-13-7-10-20(17-25)21(26)22-15-18-8-6-9-19(14-18)16-24-11-4-3-5-12-24/h6,8-9,14,20H,3-5,7,10-13,15-17H2,1-2H3,(H,22,26)/t20-/m1/s1. The van der Waals surface area contributed by atoms with E-state index in [1.807, 2.05) is 12.1 Å². The maximum Gasteiger partial charge on any atom is 0.281 e. The summed E-state index contributed by atoms with van der Waals surface area (Å²) in [5.74, 6) is -0.361. The molecule has 2 heterocycles. The van der Waals surface area contributed by atoms with Gasteiger partial charge in [0.2, 0.25) is 5.91 Å². The second-order valence-corrected chi connectivity index (χ2v) is 10.5. The van der Waals surface area contributed by atoms with Gasteiger partial charge in [0, 0.05) is 40.3 Å². The van der Waals surface area contributed by atoms with Crippen LogP contribution in [0.5, 0.6) is 0 Å². The summed E-state index contributed by atoms with van der Waals surface area (Å²) in [6.45, 7) is 4.49. The zero-order valence-corrected chi connectivity index (χ0v) is 18.5.